The maximum atomic E-state index is 9.90. The van der Waals surface area contributed by atoms with E-state index < -0.39 is 0 Å². The second kappa shape index (κ2) is 7.82. The summed E-state index contributed by atoms with van der Waals surface area (Å²) in [4.78, 5) is 13.3. The van der Waals surface area contributed by atoms with E-state index in [0.717, 1.165) is 0 Å². The maximum Gasteiger partial charge on any atom is 0.235 e. The number of isocyanates is 1. The molecule has 0 N–H and O–H groups in total. The van der Waals surface area contributed by atoms with Gasteiger partial charge in [-0.05, 0) is 25.0 Å². The molecule has 1 atom stereocenters. The Balaban J connectivity index is 2.61. The molecule has 0 amide bonds. The van der Waals surface area contributed by atoms with E-state index in [2.05, 4.69) is 18.8 Å². The Hall–Kier alpha value is -1.51. The van der Waals surface area contributed by atoms with Crippen molar-refractivity contribution in [3.63, 3.8) is 0 Å². The molecule has 1 aromatic carbocycles. The molecule has 0 saturated heterocycles. The number of hydrogen-bond acceptors (Lipinski definition) is 4. The molecule has 5 heteroatoms. The second-order valence-electron chi connectivity index (χ2n) is 4.48. The number of halogens is 1. The van der Waals surface area contributed by atoms with Gasteiger partial charge in [0.1, 0.15) is 18.1 Å². The van der Waals surface area contributed by atoms with E-state index >= 15 is 0 Å². The van der Waals surface area contributed by atoms with E-state index in [0.29, 0.717) is 22.4 Å². The third kappa shape index (κ3) is 5.33. The van der Waals surface area contributed by atoms with Gasteiger partial charge in [0.05, 0.1) is 17.7 Å². The van der Waals surface area contributed by atoms with Crippen molar-refractivity contribution in [1.29, 1.82) is 0 Å². The lowest BCUT2D eigenvalue weighted by Gasteiger charge is -2.18. The minimum atomic E-state index is 0.116. The first kappa shape index (κ1) is 15.5. The lowest BCUT2D eigenvalue weighted by molar-refractivity contribution is 0.170. The molecule has 0 aromatic heterocycles. The highest BCUT2D eigenvalue weighted by molar-refractivity contribution is 6.32. The van der Waals surface area contributed by atoms with Crippen LogP contribution in [-0.2, 0) is 4.79 Å². The molecule has 0 radical (unpaired) electrons. The van der Waals surface area contributed by atoms with Crippen molar-refractivity contribution in [2.75, 3.05) is 13.2 Å². The largest absolute Gasteiger partial charge is 0.490 e. The Labute approximate surface area is 118 Å². The van der Waals surface area contributed by atoms with Gasteiger partial charge in [-0.3, -0.25) is 0 Å². The average Bonchev–Trinajstić information content (AvgIpc) is 2.36. The zero-order valence-corrected chi connectivity index (χ0v) is 12.1. The second-order valence-corrected chi connectivity index (χ2v) is 4.89. The number of rotatable bonds is 7. The Morgan fingerprint density at radius 2 is 2.11 bits per heavy atom. The lowest BCUT2D eigenvalue weighted by atomic mass is 10.1. The van der Waals surface area contributed by atoms with Gasteiger partial charge in [0.25, 0.3) is 0 Å². The van der Waals surface area contributed by atoms with Crippen molar-refractivity contribution < 1.29 is 14.3 Å². The van der Waals surface area contributed by atoms with Crippen LogP contribution in [0.2, 0.25) is 5.02 Å². The quantitative estimate of drug-likeness (QED) is 0.437. The number of hydrogen-bond donors (Lipinski definition) is 0. The topological polar surface area (TPSA) is 47.9 Å². The van der Waals surface area contributed by atoms with Crippen molar-refractivity contribution in [1.82, 2.24) is 0 Å². The minimum Gasteiger partial charge on any atom is -0.490 e. The summed E-state index contributed by atoms with van der Waals surface area (Å²) < 4.78 is 11.1. The molecular weight excluding hydrogens is 266 g/mol. The van der Waals surface area contributed by atoms with Gasteiger partial charge in [0.2, 0.25) is 6.08 Å². The van der Waals surface area contributed by atoms with Gasteiger partial charge in [-0.2, -0.15) is 0 Å². The number of nitrogens with zero attached hydrogens (tertiary/aromatic N) is 1. The Bertz CT molecular complexity index is 456. The SMILES string of the molecule is CC(C)C(C)Oc1ccc(OCCN=C=O)c(Cl)c1. The molecule has 1 aromatic rings. The van der Waals surface area contributed by atoms with E-state index in [1.807, 2.05) is 13.0 Å². The van der Waals surface area contributed by atoms with E-state index in [-0.39, 0.29) is 19.3 Å². The van der Waals surface area contributed by atoms with Gasteiger partial charge in [0.15, 0.2) is 0 Å². The highest BCUT2D eigenvalue weighted by atomic mass is 35.5. The summed E-state index contributed by atoms with van der Waals surface area (Å²) in [6.07, 6.45) is 1.57. The van der Waals surface area contributed by atoms with Crippen molar-refractivity contribution in [2.45, 2.75) is 26.9 Å². The van der Waals surface area contributed by atoms with E-state index in [4.69, 9.17) is 21.1 Å². The van der Waals surface area contributed by atoms with Gasteiger partial charge < -0.3 is 9.47 Å². The van der Waals surface area contributed by atoms with E-state index in [9.17, 15) is 4.79 Å². The molecule has 0 aliphatic carbocycles. The standard InChI is InChI=1S/C14H18ClNO3/c1-10(2)11(3)19-12-4-5-14(13(15)8-12)18-7-6-16-9-17/h4-5,8,10-11H,6-7H2,1-3H3. The monoisotopic (exact) mass is 283 g/mol. The van der Waals surface area contributed by atoms with Crippen LogP contribution >= 0.6 is 11.6 Å². The van der Waals surface area contributed by atoms with Crippen molar-refractivity contribution in [3.8, 4) is 11.5 Å². The third-order valence-electron chi connectivity index (χ3n) is 2.69. The maximum absolute atomic E-state index is 9.90. The Morgan fingerprint density at radius 1 is 1.37 bits per heavy atom. The van der Waals surface area contributed by atoms with Crippen LogP contribution in [0.3, 0.4) is 0 Å². The summed E-state index contributed by atoms with van der Waals surface area (Å²) in [6.45, 7) is 6.76. The molecular formula is C14H18ClNO3. The molecule has 0 aliphatic rings. The molecule has 104 valence electrons. The number of aliphatic imine (C=N–C) groups is 1. The lowest BCUT2D eigenvalue weighted by Crippen LogP contribution is -2.18. The number of benzene rings is 1. The summed E-state index contributed by atoms with van der Waals surface area (Å²) in [7, 11) is 0. The van der Waals surface area contributed by atoms with Gasteiger partial charge in [-0.1, -0.05) is 25.4 Å². The molecule has 0 bridgehead atoms. The fourth-order valence-electron chi connectivity index (χ4n) is 1.27. The van der Waals surface area contributed by atoms with Gasteiger partial charge >= 0.3 is 0 Å². The smallest absolute Gasteiger partial charge is 0.235 e. The van der Waals surface area contributed by atoms with Crippen LogP contribution < -0.4 is 9.47 Å². The summed E-state index contributed by atoms with van der Waals surface area (Å²) in [5.41, 5.74) is 0. The van der Waals surface area contributed by atoms with Crippen LogP contribution in [0.4, 0.5) is 0 Å². The van der Waals surface area contributed by atoms with Crippen LogP contribution in [-0.4, -0.2) is 25.3 Å². The molecule has 1 rings (SSSR count). The zero-order chi connectivity index (χ0) is 14.3. The molecule has 19 heavy (non-hydrogen) atoms. The summed E-state index contributed by atoms with van der Waals surface area (Å²) in [6, 6.07) is 5.27. The molecule has 0 spiro atoms. The van der Waals surface area contributed by atoms with E-state index in [1.54, 1.807) is 12.1 Å². The van der Waals surface area contributed by atoms with Crippen LogP contribution in [0.1, 0.15) is 20.8 Å². The van der Waals surface area contributed by atoms with Crippen LogP contribution in [0.5, 0.6) is 11.5 Å². The highest BCUT2D eigenvalue weighted by Gasteiger charge is 2.10. The highest BCUT2D eigenvalue weighted by Crippen LogP contribution is 2.29. The first-order chi connectivity index (χ1) is 9.04. The number of carbonyl (C=O) groups excluding carboxylic acids is 1. The minimum absolute atomic E-state index is 0.116. The predicted octanol–water partition coefficient (Wildman–Crippen LogP) is 3.48. The van der Waals surface area contributed by atoms with Crippen LogP contribution in [0.15, 0.2) is 23.2 Å². The van der Waals surface area contributed by atoms with E-state index in [1.165, 1.54) is 6.08 Å². The normalized spacial score (nSPS) is 11.8. The van der Waals surface area contributed by atoms with Crippen molar-refractivity contribution in [2.24, 2.45) is 10.9 Å². The average molecular weight is 284 g/mol. The summed E-state index contributed by atoms with van der Waals surface area (Å²) in [5.74, 6) is 1.69. The molecule has 0 heterocycles. The predicted molar refractivity (Wildman–Crippen MR) is 74.9 cm³/mol. The fourth-order valence-corrected chi connectivity index (χ4v) is 1.49. The first-order valence-electron chi connectivity index (χ1n) is 6.17. The fraction of sp³-hybridized carbons (Fsp3) is 0.500. The van der Waals surface area contributed by atoms with Gasteiger partial charge in [-0.25, -0.2) is 9.79 Å². The first-order valence-corrected chi connectivity index (χ1v) is 6.55. The molecule has 0 aliphatic heterocycles. The molecule has 0 saturated carbocycles. The molecule has 0 fully saturated rings. The van der Waals surface area contributed by atoms with Gasteiger partial charge in [0, 0.05) is 6.07 Å². The third-order valence-corrected chi connectivity index (χ3v) is 2.98. The van der Waals surface area contributed by atoms with Crippen LogP contribution in [0.25, 0.3) is 0 Å². The van der Waals surface area contributed by atoms with Crippen LogP contribution in [0, 0.1) is 5.92 Å². The summed E-state index contributed by atoms with van der Waals surface area (Å²) >= 11 is 6.09. The molecule has 1 unspecified atom stereocenters. The zero-order valence-electron chi connectivity index (χ0n) is 11.4. The molecule has 4 nitrogen and oxygen atoms in total. The summed E-state index contributed by atoms with van der Waals surface area (Å²) in [5, 5.41) is 0.475. The Morgan fingerprint density at radius 3 is 2.68 bits per heavy atom. The Kier molecular flexibility index (Phi) is 6.40. The van der Waals surface area contributed by atoms with Crippen molar-refractivity contribution in [3.05, 3.63) is 23.2 Å². The number of ether oxygens (including phenoxy) is 2. The van der Waals surface area contributed by atoms with Crippen molar-refractivity contribution >= 4 is 17.7 Å². The van der Waals surface area contributed by atoms with Gasteiger partial charge in [-0.15, -0.1) is 0 Å².